The number of hydrogen-bond donors (Lipinski definition) is 1. The van der Waals surface area contributed by atoms with E-state index < -0.39 is 34.3 Å². The quantitative estimate of drug-likeness (QED) is 0.329. The Labute approximate surface area is 246 Å². The van der Waals surface area contributed by atoms with Crippen molar-refractivity contribution in [3.05, 3.63) is 101 Å². The highest BCUT2D eigenvalue weighted by Gasteiger charge is 2.34. The standard InChI is InChI=1S/C31H35ClFN3O4S/c1-35(41(39,40)27-18-16-25(32)17-19-27)22-30(37)36(21-24-12-8-9-15-28(24)33)29(20-23-10-4-2-5-11-23)31(38)34-26-13-6-3-7-14-26/h2,4-5,8-12,15-19,26,29H,3,6-7,13-14,20-22H2,1H3,(H,34,38)/t29-/m1/s1. The van der Waals surface area contributed by atoms with Gasteiger partial charge in [-0.3, -0.25) is 9.59 Å². The third-order valence-corrected chi connectivity index (χ3v) is 9.47. The zero-order valence-corrected chi connectivity index (χ0v) is 24.6. The number of halogens is 2. The predicted molar refractivity (Wildman–Crippen MR) is 157 cm³/mol. The van der Waals surface area contributed by atoms with Crippen LogP contribution >= 0.6 is 11.6 Å². The molecule has 218 valence electrons. The number of likely N-dealkylation sites (N-methyl/N-ethyl adjacent to an activating group) is 1. The number of hydrogen-bond acceptors (Lipinski definition) is 4. The van der Waals surface area contributed by atoms with Crippen molar-refractivity contribution >= 4 is 33.4 Å². The van der Waals surface area contributed by atoms with E-state index in [4.69, 9.17) is 11.6 Å². The molecule has 1 aliphatic carbocycles. The van der Waals surface area contributed by atoms with Crippen molar-refractivity contribution < 1.29 is 22.4 Å². The first-order valence-electron chi connectivity index (χ1n) is 13.7. The minimum atomic E-state index is -4.04. The number of benzene rings is 3. The lowest BCUT2D eigenvalue weighted by Gasteiger charge is -2.34. The summed E-state index contributed by atoms with van der Waals surface area (Å²) in [6.07, 6.45) is 5.04. The molecule has 4 rings (SSSR count). The number of carbonyl (C=O) groups excluding carboxylic acids is 2. The van der Waals surface area contributed by atoms with Crippen molar-refractivity contribution in [3.8, 4) is 0 Å². The van der Waals surface area contributed by atoms with Gasteiger partial charge in [-0.15, -0.1) is 0 Å². The second-order valence-electron chi connectivity index (χ2n) is 10.4. The Morgan fingerprint density at radius 1 is 0.951 bits per heavy atom. The van der Waals surface area contributed by atoms with Gasteiger partial charge in [-0.2, -0.15) is 4.31 Å². The average Bonchev–Trinajstić information content (AvgIpc) is 2.97. The smallest absolute Gasteiger partial charge is 0.243 e. The zero-order valence-electron chi connectivity index (χ0n) is 23.0. The second kappa shape index (κ2) is 14.1. The first-order chi connectivity index (χ1) is 19.6. The predicted octanol–water partition coefficient (Wildman–Crippen LogP) is 5.19. The van der Waals surface area contributed by atoms with Crippen LogP contribution in [0.3, 0.4) is 0 Å². The fourth-order valence-corrected chi connectivity index (χ4v) is 6.31. The van der Waals surface area contributed by atoms with Crippen LogP contribution in [-0.4, -0.2) is 55.1 Å². The van der Waals surface area contributed by atoms with Gasteiger partial charge < -0.3 is 10.2 Å². The molecule has 1 fully saturated rings. The fourth-order valence-electron chi connectivity index (χ4n) is 5.06. The Balaban J connectivity index is 1.66. The van der Waals surface area contributed by atoms with Crippen molar-refractivity contribution in [2.75, 3.05) is 13.6 Å². The van der Waals surface area contributed by atoms with E-state index in [-0.39, 0.29) is 35.4 Å². The highest BCUT2D eigenvalue weighted by atomic mass is 35.5. The summed E-state index contributed by atoms with van der Waals surface area (Å²) in [5.41, 5.74) is 1.05. The first kappa shape index (κ1) is 30.7. The van der Waals surface area contributed by atoms with Crippen LogP contribution in [0.4, 0.5) is 4.39 Å². The molecule has 0 unspecified atom stereocenters. The molecule has 10 heteroatoms. The lowest BCUT2D eigenvalue weighted by Crippen LogP contribution is -2.54. The van der Waals surface area contributed by atoms with E-state index in [0.29, 0.717) is 5.02 Å². The Kier molecular flexibility index (Phi) is 10.5. The maximum atomic E-state index is 14.8. The van der Waals surface area contributed by atoms with Crippen LogP contribution in [0, 0.1) is 5.82 Å². The van der Waals surface area contributed by atoms with E-state index in [1.54, 1.807) is 18.2 Å². The lowest BCUT2D eigenvalue weighted by atomic mass is 9.94. The molecule has 0 aromatic heterocycles. The van der Waals surface area contributed by atoms with E-state index in [1.165, 1.54) is 42.3 Å². The van der Waals surface area contributed by atoms with Gasteiger partial charge in [0.05, 0.1) is 11.4 Å². The summed E-state index contributed by atoms with van der Waals surface area (Å²) >= 11 is 5.92. The SMILES string of the molecule is CN(CC(=O)N(Cc1ccccc1F)[C@H](Cc1ccccc1)C(=O)NC1CCCCC1)S(=O)(=O)c1ccc(Cl)cc1. The Hall–Kier alpha value is -3.27. The van der Waals surface area contributed by atoms with E-state index in [0.717, 1.165) is 42.0 Å². The van der Waals surface area contributed by atoms with Crippen LogP contribution in [0.15, 0.2) is 83.8 Å². The molecule has 0 saturated heterocycles. The maximum absolute atomic E-state index is 14.8. The molecule has 41 heavy (non-hydrogen) atoms. The van der Waals surface area contributed by atoms with Crippen LogP contribution < -0.4 is 5.32 Å². The van der Waals surface area contributed by atoms with Crippen LogP contribution in [0.5, 0.6) is 0 Å². The van der Waals surface area contributed by atoms with Crippen molar-refractivity contribution in [1.29, 1.82) is 0 Å². The molecule has 1 atom stereocenters. The highest BCUT2D eigenvalue weighted by molar-refractivity contribution is 7.89. The maximum Gasteiger partial charge on any atom is 0.243 e. The van der Waals surface area contributed by atoms with Crippen molar-refractivity contribution in [3.63, 3.8) is 0 Å². The van der Waals surface area contributed by atoms with Crippen molar-refractivity contribution in [2.24, 2.45) is 0 Å². The molecule has 7 nitrogen and oxygen atoms in total. The summed E-state index contributed by atoms with van der Waals surface area (Å²) in [5.74, 6) is -1.47. The number of rotatable bonds is 11. The molecule has 0 spiro atoms. The summed E-state index contributed by atoms with van der Waals surface area (Å²) in [7, 11) is -2.74. The Morgan fingerprint density at radius 2 is 1.59 bits per heavy atom. The minimum absolute atomic E-state index is 0.00658. The van der Waals surface area contributed by atoms with E-state index in [9.17, 15) is 22.4 Å². The van der Waals surface area contributed by atoms with Crippen LogP contribution in [0.2, 0.25) is 5.02 Å². The van der Waals surface area contributed by atoms with Gasteiger partial charge in [0.2, 0.25) is 21.8 Å². The number of amides is 2. The Bertz CT molecular complexity index is 1430. The molecular formula is C31H35ClFN3O4S. The number of sulfonamides is 1. The molecule has 3 aromatic carbocycles. The number of nitrogens with zero attached hydrogens (tertiary/aromatic N) is 2. The average molecular weight is 600 g/mol. The van der Waals surface area contributed by atoms with Crippen molar-refractivity contribution in [2.45, 2.75) is 62.0 Å². The third kappa shape index (κ3) is 8.15. The van der Waals surface area contributed by atoms with Crippen LogP contribution in [0.1, 0.15) is 43.2 Å². The Morgan fingerprint density at radius 3 is 2.24 bits per heavy atom. The molecule has 0 bridgehead atoms. The van der Waals surface area contributed by atoms with E-state index >= 15 is 0 Å². The molecular weight excluding hydrogens is 565 g/mol. The molecule has 1 saturated carbocycles. The van der Waals surface area contributed by atoms with Gasteiger partial charge in [0.15, 0.2) is 0 Å². The lowest BCUT2D eigenvalue weighted by molar-refractivity contribution is -0.141. The molecule has 0 heterocycles. The molecule has 0 radical (unpaired) electrons. The highest BCUT2D eigenvalue weighted by Crippen LogP contribution is 2.22. The number of nitrogens with one attached hydrogen (secondary N) is 1. The van der Waals surface area contributed by atoms with Crippen molar-refractivity contribution in [1.82, 2.24) is 14.5 Å². The third-order valence-electron chi connectivity index (χ3n) is 7.40. The summed E-state index contributed by atoms with van der Waals surface area (Å²) < 4.78 is 42.3. The number of carbonyl (C=O) groups is 2. The zero-order chi connectivity index (χ0) is 29.4. The molecule has 0 aliphatic heterocycles. The summed E-state index contributed by atoms with van der Waals surface area (Å²) in [5, 5.41) is 3.50. The molecule has 1 N–H and O–H groups in total. The van der Waals surface area contributed by atoms with E-state index in [2.05, 4.69) is 5.32 Å². The summed E-state index contributed by atoms with van der Waals surface area (Å²) in [6, 6.07) is 20.0. The van der Waals surface area contributed by atoms with Gasteiger partial charge in [0.1, 0.15) is 11.9 Å². The topological polar surface area (TPSA) is 86.8 Å². The van der Waals surface area contributed by atoms with Gasteiger partial charge in [-0.1, -0.05) is 79.4 Å². The second-order valence-corrected chi connectivity index (χ2v) is 12.9. The fraction of sp³-hybridized carbons (Fsp3) is 0.355. The van der Waals surface area contributed by atoms with E-state index in [1.807, 2.05) is 30.3 Å². The van der Waals surface area contributed by atoms with Crippen LogP contribution in [0.25, 0.3) is 0 Å². The summed E-state index contributed by atoms with van der Waals surface area (Å²) in [4.78, 5) is 29.0. The van der Waals surface area contributed by atoms with Gasteiger partial charge in [-0.05, 0) is 48.7 Å². The monoisotopic (exact) mass is 599 g/mol. The molecule has 1 aliphatic rings. The normalized spacial score (nSPS) is 14.9. The van der Waals surface area contributed by atoms with Gasteiger partial charge in [0, 0.05) is 36.6 Å². The van der Waals surface area contributed by atoms with Gasteiger partial charge in [-0.25, -0.2) is 12.8 Å². The molecule has 3 aromatic rings. The molecule has 2 amide bonds. The minimum Gasteiger partial charge on any atom is -0.352 e. The van der Waals surface area contributed by atoms with Gasteiger partial charge >= 0.3 is 0 Å². The van der Waals surface area contributed by atoms with Crippen LogP contribution in [-0.2, 0) is 32.6 Å². The van der Waals surface area contributed by atoms with Gasteiger partial charge in [0.25, 0.3) is 0 Å². The first-order valence-corrected chi connectivity index (χ1v) is 15.6. The largest absolute Gasteiger partial charge is 0.352 e. The summed E-state index contributed by atoms with van der Waals surface area (Å²) in [6.45, 7) is -0.739.